The standard InChI is InChI=1S/C18H14O5S.ClH/c19-18(20)16-8-4-7-15(13-9-10-23-11-13)17(16)12-24(21,22)14-5-2-1-3-6-14;/h1-11H,12H2,(H,19,20);1H. The van der Waals surface area contributed by atoms with Gasteiger partial charge in [-0.05, 0) is 35.4 Å². The number of carboxylic acids is 1. The summed E-state index contributed by atoms with van der Waals surface area (Å²) in [6, 6.07) is 14.3. The first kappa shape index (κ1) is 18.8. The number of hydrogen-bond acceptors (Lipinski definition) is 4. The summed E-state index contributed by atoms with van der Waals surface area (Å²) in [5.74, 6) is -1.57. The maximum Gasteiger partial charge on any atom is 0.336 e. The van der Waals surface area contributed by atoms with E-state index in [0.717, 1.165) is 0 Å². The van der Waals surface area contributed by atoms with Crippen LogP contribution in [0.3, 0.4) is 0 Å². The molecule has 5 nitrogen and oxygen atoms in total. The van der Waals surface area contributed by atoms with E-state index in [4.69, 9.17) is 4.42 Å². The van der Waals surface area contributed by atoms with Crippen molar-refractivity contribution in [2.45, 2.75) is 10.6 Å². The summed E-state index contributed by atoms with van der Waals surface area (Å²) in [7, 11) is -3.68. The van der Waals surface area contributed by atoms with E-state index in [1.54, 1.807) is 36.4 Å². The molecule has 0 radical (unpaired) electrons. The fourth-order valence-electron chi connectivity index (χ4n) is 2.53. The number of carboxylic acid groups (broad SMARTS) is 1. The van der Waals surface area contributed by atoms with Crippen molar-refractivity contribution in [2.24, 2.45) is 0 Å². The monoisotopic (exact) mass is 378 g/mol. The van der Waals surface area contributed by atoms with Crippen LogP contribution in [0.25, 0.3) is 11.1 Å². The highest BCUT2D eigenvalue weighted by Crippen LogP contribution is 2.30. The molecule has 0 atom stereocenters. The molecule has 0 fully saturated rings. The number of halogens is 1. The molecule has 0 saturated heterocycles. The molecule has 3 aromatic rings. The average molecular weight is 379 g/mol. The third-order valence-corrected chi connectivity index (χ3v) is 5.33. The summed E-state index contributed by atoms with van der Waals surface area (Å²) in [6.45, 7) is 0. The molecule has 0 saturated carbocycles. The first-order chi connectivity index (χ1) is 11.5. The Labute approximate surface area is 151 Å². The molecule has 3 rings (SSSR count). The minimum Gasteiger partial charge on any atom is -0.478 e. The Morgan fingerprint density at radius 2 is 1.72 bits per heavy atom. The zero-order chi connectivity index (χ0) is 17.2. The number of aromatic carboxylic acids is 1. The Balaban J connectivity index is 0.00000225. The second kappa shape index (κ2) is 7.55. The number of hydrogen-bond donors (Lipinski definition) is 1. The van der Waals surface area contributed by atoms with Crippen molar-refractivity contribution in [1.29, 1.82) is 0 Å². The molecule has 0 aliphatic rings. The van der Waals surface area contributed by atoms with E-state index in [1.807, 2.05) is 0 Å². The molecule has 130 valence electrons. The first-order valence-corrected chi connectivity index (χ1v) is 8.80. The van der Waals surface area contributed by atoms with Crippen molar-refractivity contribution in [2.75, 3.05) is 0 Å². The summed E-state index contributed by atoms with van der Waals surface area (Å²) in [5.41, 5.74) is 1.38. The van der Waals surface area contributed by atoms with Gasteiger partial charge in [0.25, 0.3) is 0 Å². The summed E-state index contributed by atoms with van der Waals surface area (Å²) in [6.07, 6.45) is 2.91. The van der Waals surface area contributed by atoms with E-state index in [9.17, 15) is 18.3 Å². The van der Waals surface area contributed by atoms with Gasteiger partial charge in [-0.2, -0.15) is 0 Å². The van der Waals surface area contributed by atoms with E-state index >= 15 is 0 Å². The Kier molecular flexibility index (Phi) is 5.66. The van der Waals surface area contributed by atoms with Gasteiger partial charge in [-0.1, -0.05) is 30.3 Å². The van der Waals surface area contributed by atoms with Crippen LogP contribution in [0.2, 0.25) is 0 Å². The van der Waals surface area contributed by atoms with Gasteiger partial charge in [-0.25, -0.2) is 13.2 Å². The number of rotatable bonds is 5. The minimum atomic E-state index is -3.68. The lowest BCUT2D eigenvalue weighted by molar-refractivity contribution is 0.0696. The highest BCUT2D eigenvalue weighted by atomic mass is 35.5. The molecule has 0 unspecified atom stereocenters. The maximum absolute atomic E-state index is 12.7. The van der Waals surface area contributed by atoms with Gasteiger partial charge in [0.1, 0.15) is 0 Å². The Bertz CT molecular complexity index is 964. The lowest BCUT2D eigenvalue weighted by Gasteiger charge is -2.12. The molecule has 0 aliphatic carbocycles. The highest BCUT2D eigenvalue weighted by Gasteiger charge is 2.23. The number of carbonyl (C=O) groups is 1. The predicted molar refractivity (Wildman–Crippen MR) is 95.7 cm³/mol. The van der Waals surface area contributed by atoms with Gasteiger partial charge in [0.15, 0.2) is 9.84 Å². The predicted octanol–water partition coefficient (Wildman–Crippen LogP) is 4.04. The van der Waals surface area contributed by atoms with Crippen LogP contribution >= 0.6 is 12.4 Å². The van der Waals surface area contributed by atoms with Crippen LogP contribution in [0, 0.1) is 0 Å². The topological polar surface area (TPSA) is 84.6 Å². The van der Waals surface area contributed by atoms with Crippen molar-refractivity contribution >= 4 is 28.2 Å². The fraction of sp³-hybridized carbons (Fsp3) is 0.0556. The summed E-state index contributed by atoms with van der Waals surface area (Å²) < 4.78 is 30.4. The summed E-state index contributed by atoms with van der Waals surface area (Å²) >= 11 is 0. The van der Waals surface area contributed by atoms with Crippen LogP contribution in [-0.2, 0) is 15.6 Å². The normalized spacial score (nSPS) is 10.9. The van der Waals surface area contributed by atoms with Crippen molar-refractivity contribution in [3.8, 4) is 11.1 Å². The van der Waals surface area contributed by atoms with Gasteiger partial charge < -0.3 is 9.52 Å². The fourth-order valence-corrected chi connectivity index (χ4v) is 3.96. The van der Waals surface area contributed by atoms with Crippen molar-refractivity contribution in [3.63, 3.8) is 0 Å². The average Bonchev–Trinajstić information content (AvgIpc) is 3.09. The molecule has 1 heterocycles. The van der Waals surface area contributed by atoms with E-state index in [1.165, 1.54) is 30.7 Å². The first-order valence-electron chi connectivity index (χ1n) is 7.14. The van der Waals surface area contributed by atoms with Crippen molar-refractivity contribution < 1.29 is 22.7 Å². The maximum atomic E-state index is 12.7. The SMILES string of the molecule is Cl.O=C(O)c1cccc(-c2ccoc2)c1CS(=O)(=O)c1ccccc1. The number of sulfone groups is 1. The van der Waals surface area contributed by atoms with Gasteiger partial charge in [-0.15, -0.1) is 12.4 Å². The third-order valence-electron chi connectivity index (χ3n) is 3.68. The van der Waals surface area contributed by atoms with Crippen LogP contribution in [0.15, 0.2) is 76.4 Å². The van der Waals surface area contributed by atoms with E-state index in [-0.39, 0.29) is 28.4 Å². The molecule has 1 N–H and O–H groups in total. The highest BCUT2D eigenvalue weighted by molar-refractivity contribution is 7.90. The Morgan fingerprint density at radius 1 is 1.00 bits per heavy atom. The second-order valence-corrected chi connectivity index (χ2v) is 7.21. The van der Waals surface area contributed by atoms with Gasteiger partial charge in [0.2, 0.25) is 0 Å². The molecule has 25 heavy (non-hydrogen) atoms. The van der Waals surface area contributed by atoms with Crippen LogP contribution in [0.1, 0.15) is 15.9 Å². The molecule has 0 amide bonds. The summed E-state index contributed by atoms with van der Waals surface area (Å²) in [4.78, 5) is 11.7. The quantitative estimate of drug-likeness (QED) is 0.724. The van der Waals surface area contributed by atoms with E-state index in [2.05, 4.69) is 0 Å². The molecule has 0 spiro atoms. The molecular weight excluding hydrogens is 364 g/mol. The largest absolute Gasteiger partial charge is 0.478 e. The Morgan fingerprint density at radius 3 is 2.32 bits per heavy atom. The number of furan rings is 1. The van der Waals surface area contributed by atoms with Gasteiger partial charge >= 0.3 is 5.97 Å². The lowest BCUT2D eigenvalue weighted by Crippen LogP contribution is -2.11. The molecule has 2 aromatic carbocycles. The molecule has 0 aliphatic heterocycles. The van der Waals surface area contributed by atoms with Crippen LogP contribution < -0.4 is 0 Å². The van der Waals surface area contributed by atoms with Gasteiger partial charge in [0.05, 0.1) is 28.7 Å². The van der Waals surface area contributed by atoms with Crippen molar-refractivity contribution in [3.05, 3.63) is 78.3 Å². The van der Waals surface area contributed by atoms with Crippen LogP contribution in [-0.4, -0.2) is 19.5 Å². The third kappa shape index (κ3) is 3.92. The minimum absolute atomic E-state index is 0. The van der Waals surface area contributed by atoms with Crippen molar-refractivity contribution in [1.82, 2.24) is 0 Å². The molecule has 7 heteroatoms. The zero-order valence-electron chi connectivity index (χ0n) is 13.0. The van der Waals surface area contributed by atoms with Crippen LogP contribution in [0.4, 0.5) is 0 Å². The number of benzene rings is 2. The molecular formula is C18H15ClO5S. The smallest absolute Gasteiger partial charge is 0.336 e. The molecule has 0 bridgehead atoms. The van der Waals surface area contributed by atoms with E-state index in [0.29, 0.717) is 11.1 Å². The second-order valence-electron chi connectivity index (χ2n) is 5.22. The van der Waals surface area contributed by atoms with Gasteiger partial charge in [-0.3, -0.25) is 0 Å². The Hall–Kier alpha value is -2.57. The van der Waals surface area contributed by atoms with Crippen LogP contribution in [0.5, 0.6) is 0 Å². The molecule has 1 aromatic heterocycles. The zero-order valence-corrected chi connectivity index (χ0v) is 14.6. The van der Waals surface area contributed by atoms with E-state index < -0.39 is 21.6 Å². The van der Waals surface area contributed by atoms with Gasteiger partial charge in [0, 0.05) is 5.56 Å². The lowest BCUT2D eigenvalue weighted by atomic mass is 9.98. The summed E-state index contributed by atoms with van der Waals surface area (Å²) in [5, 5.41) is 9.44.